The molecule has 1 aliphatic rings. The van der Waals surface area contributed by atoms with Gasteiger partial charge in [-0.1, -0.05) is 12.8 Å². The first-order valence-corrected chi connectivity index (χ1v) is 7.37. The van der Waals surface area contributed by atoms with Crippen LogP contribution in [0.3, 0.4) is 0 Å². The molecule has 1 atom stereocenters. The summed E-state index contributed by atoms with van der Waals surface area (Å²) in [6, 6.07) is 0.00846. The first kappa shape index (κ1) is 16.8. The van der Waals surface area contributed by atoms with Crippen LogP contribution < -0.4 is 5.32 Å². The van der Waals surface area contributed by atoms with Crippen LogP contribution in [0.15, 0.2) is 0 Å². The Bertz CT molecular complexity index is 310. The van der Waals surface area contributed by atoms with E-state index >= 15 is 0 Å². The summed E-state index contributed by atoms with van der Waals surface area (Å²) < 4.78 is 5.11. The van der Waals surface area contributed by atoms with Gasteiger partial charge in [0.15, 0.2) is 0 Å². The molecule has 0 saturated carbocycles. The van der Waals surface area contributed by atoms with Gasteiger partial charge in [0, 0.05) is 39.1 Å². The second kappa shape index (κ2) is 9.58. The number of aliphatic carboxylic acids is 1. The van der Waals surface area contributed by atoms with Gasteiger partial charge in [-0.3, -0.25) is 4.79 Å². The number of carboxylic acids is 1. The summed E-state index contributed by atoms with van der Waals surface area (Å²) in [7, 11) is 1.69. The zero-order valence-electron chi connectivity index (χ0n) is 12.3. The highest BCUT2D eigenvalue weighted by atomic mass is 16.5. The minimum Gasteiger partial charge on any atom is -0.481 e. The SMILES string of the molecule is COCC1CCN(C(=O)NCCCCCCC(=O)O)C1. The third-order valence-electron chi connectivity index (χ3n) is 3.57. The molecule has 0 aromatic rings. The lowest BCUT2D eigenvalue weighted by atomic mass is 10.1. The Morgan fingerprint density at radius 1 is 1.30 bits per heavy atom. The summed E-state index contributed by atoms with van der Waals surface area (Å²) in [5.41, 5.74) is 0. The second-order valence-corrected chi connectivity index (χ2v) is 5.35. The van der Waals surface area contributed by atoms with Crippen LogP contribution in [0.25, 0.3) is 0 Å². The maximum atomic E-state index is 11.9. The van der Waals surface area contributed by atoms with Crippen molar-refractivity contribution in [2.45, 2.75) is 38.5 Å². The van der Waals surface area contributed by atoms with Crippen LogP contribution in [0.5, 0.6) is 0 Å². The number of methoxy groups -OCH3 is 1. The van der Waals surface area contributed by atoms with Crippen LogP contribution in [0.2, 0.25) is 0 Å². The van der Waals surface area contributed by atoms with Crippen molar-refractivity contribution in [1.82, 2.24) is 10.2 Å². The molecule has 1 saturated heterocycles. The van der Waals surface area contributed by atoms with Gasteiger partial charge in [-0.05, 0) is 19.3 Å². The van der Waals surface area contributed by atoms with Crippen molar-refractivity contribution in [2.24, 2.45) is 5.92 Å². The maximum absolute atomic E-state index is 11.9. The maximum Gasteiger partial charge on any atom is 0.317 e. The first-order chi connectivity index (χ1) is 9.63. The van der Waals surface area contributed by atoms with Crippen LogP contribution in [0.1, 0.15) is 38.5 Å². The number of hydrogen-bond acceptors (Lipinski definition) is 3. The summed E-state index contributed by atoms with van der Waals surface area (Å²) in [5, 5.41) is 11.4. The Morgan fingerprint density at radius 2 is 2.05 bits per heavy atom. The molecule has 1 unspecified atom stereocenters. The van der Waals surface area contributed by atoms with E-state index in [4.69, 9.17) is 9.84 Å². The van der Waals surface area contributed by atoms with Gasteiger partial charge in [0.1, 0.15) is 0 Å². The number of nitrogens with one attached hydrogen (secondary N) is 1. The molecule has 0 aromatic heterocycles. The van der Waals surface area contributed by atoms with Crippen molar-refractivity contribution < 1.29 is 19.4 Å². The molecule has 0 bridgehead atoms. The Morgan fingerprint density at radius 3 is 2.75 bits per heavy atom. The third-order valence-corrected chi connectivity index (χ3v) is 3.57. The topological polar surface area (TPSA) is 78.9 Å². The predicted octanol–water partition coefficient (Wildman–Crippen LogP) is 1.70. The lowest BCUT2D eigenvalue weighted by Gasteiger charge is -2.17. The van der Waals surface area contributed by atoms with E-state index in [1.165, 1.54) is 0 Å². The number of unbranched alkanes of at least 4 members (excludes halogenated alkanes) is 3. The molecule has 6 nitrogen and oxygen atoms in total. The largest absolute Gasteiger partial charge is 0.481 e. The van der Waals surface area contributed by atoms with Crippen LogP contribution in [0.4, 0.5) is 4.79 Å². The van der Waals surface area contributed by atoms with Crippen molar-refractivity contribution in [1.29, 1.82) is 0 Å². The van der Waals surface area contributed by atoms with Crippen molar-refractivity contribution >= 4 is 12.0 Å². The van der Waals surface area contributed by atoms with Gasteiger partial charge >= 0.3 is 12.0 Å². The second-order valence-electron chi connectivity index (χ2n) is 5.35. The van der Waals surface area contributed by atoms with Crippen molar-refractivity contribution in [2.75, 3.05) is 33.4 Å². The monoisotopic (exact) mass is 286 g/mol. The minimum atomic E-state index is -0.738. The summed E-state index contributed by atoms with van der Waals surface area (Å²) in [6.45, 7) is 2.96. The highest BCUT2D eigenvalue weighted by Crippen LogP contribution is 2.16. The highest BCUT2D eigenvalue weighted by molar-refractivity contribution is 5.74. The number of urea groups is 1. The molecule has 116 valence electrons. The zero-order valence-corrected chi connectivity index (χ0v) is 12.3. The average molecular weight is 286 g/mol. The lowest BCUT2D eigenvalue weighted by molar-refractivity contribution is -0.137. The molecule has 0 radical (unpaired) electrons. The molecule has 2 amide bonds. The predicted molar refractivity (Wildman–Crippen MR) is 75.7 cm³/mol. The fourth-order valence-corrected chi connectivity index (χ4v) is 2.45. The van der Waals surface area contributed by atoms with E-state index in [1.54, 1.807) is 7.11 Å². The van der Waals surface area contributed by atoms with Gasteiger partial charge in [0.05, 0.1) is 6.61 Å². The quantitative estimate of drug-likeness (QED) is 0.632. The Hall–Kier alpha value is -1.30. The van der Waals surface area contributed by atoms with Gasteiger partial charge in [-0.2, -0.15) is 0 Å². The van der Waals surface area contributed by atoms with Gasteiger partial charge in [0.25, 0.3) is 0 Å². The molecule has 1 fully saturated rings. The van der Waals surface area contributed by atoms with E-state index < -0.39 is 5.97 Å². The fraction of sp³-hybridized carbons (Fsp3) is 0.857. The number of likely N-dealkylation sites (tertiary alicyclic amines) is 1. The molecular weight excluding hydrogens is 260 g/mol. The van der Waals surface area contributed by atoms with Crippen molar-refractivity contribution in [3.63, 3.8) is 0 Å². The Balaban J connectivity index is 1.99. The van der Waals surface area contributed by atoms with Crippen LogP contribution in [-0.4, -0.2) is 55.4 Å². The van der Waals surface area contributed by atoms with Crippen LogP contribution in [0, 0.1) is 5.92 Å². The fourth-order valence-electron chi connectivity index (χ4n) is 2.45. The number of ether oxygens (including phenoxy) is 1. The van der Waals surface area contributed by atoms with Gasteiger partial charge in [-0.25, -0.2) is 4.79 Å². The van der Waals surface area contributed by atoms with E-state index in [1.807, 2.05) is 4.90 Å². The van der Waals surface area contributed by atoms with Crippen molar-refractivity contribution in [3.8, 4) is 0 Å². The summed E-state index contributed by atoms with van der Waals surface area (Å²) in [5.74, 6) is -0.278. The van der Waals surface area contributed by atoms with Crippen molar-refractivity contribution in [3.05, 3.63) is 0 Å². The first-order valence-electron chi connectivity index (χ1n) is 7.37. The number of carbonyl (C=O) groups is 2. The summed E-state index contributed by atoms with van der Waals surface area (Å²) in [6.07, 6.45) is 4.73. The number of rotatable bonds is 9. The average Bonchev–Trinajstić information content (AvgIpc) is 2.86. The molecule has 6 heteroatoms. The molecule has 2 N–H and O–H groups in total. The standard InChI is InChI=1S/C14H26N2O4/c1-20-11-12-7-9-16(10-12)14(19)15-8-5-3-2-4-6-13(17)18/h12H,2-11H2,1H3,(H,15,19)(H,17,18). The molecule has 1 rings (SSSR count). The molecule has 0 aromatic carbocycles. The normalized spacial score (nSPS) is 18.2. The van der Waals surface area contributed by atoms with E-state index in [2.05, 4.69) is 5.32 Å². The van der Waals surface area contributed by atoms with E-state index in [0.29, 0.717) is 25.5 Å². The number of nitrogens with zero attached hydrogens (tertiary/aromatic N) is 1. The zero-order chi connectivity index (χ0) is 14.8. The summed E-state index contributed by atoms with van der Waals surface area (Å²) >= 11 is 0. The van der Waals surface area contributed by atoms with Gasteiger partial charge < -0.3 is 20.1 Å². The van der Waals surface area contributed by atoms with E-state index in [0.717, 1.165) is 38.8 Å². The Labute approximate surface area is 120 Å². The van der Waals surface area contributed by atoms with E-state index in [9.17, 15) is 9.59 Å². The molecule has 1 heterocycles. The lowest BCUT2D eigenvalue weighted by Crippen LogP contribution is -2.39. The molecular formula is C14H26N2O4. The number of amides is 2. The van der Waals surface area contributed by atoms with Crippen LogP contribution in [-0.2, 0) is 9.53 Å². The molecule has 20 heavy (non-hydrogen) atoms. The smallest absolute Gasteiger partial charge is 0.317 e. The number of carboxylic acid groups (broad SMARTS) is 1. The highest BCUT2D eigenvalue weighted by Gasteiger charge is 2.25. The number of carbonyl (C=O) groups excluding carboxylic acids is 1. The summed E-state index contributed by atoms with van der Waals surface area (Å²) in [4.78, 5) is 24.0. The molecule has 1 aliphatic heterocycles. The van der Waals surface area contributed by atoms with Crippen LogP contribution >= 0.6 is 0 Å². The molecule has 0 aliphatic carbocycles. The minimum absolute atomic E-state index is 0.00846. The van der Waals surface area contributed by atoms with Gasteiger partial charge in [-0.15, -0.1) is 0 Å². The third kappa shape index (κ3) is 6.75. The van der Waals surface area contributed by atoms with Gasteiger partial charge in [0.2, 0.25) is 0 Å². The van der Waals surface area contributed by atoms with E-state index in [-0.39, 0.29) is 12.5 Å². The molecule has 0 spiro atoms. The Kier molecular flexibility index (Phi) is 8.02. The number of hydrogen-bond donors (Lipinski definition) is 2.